The van der Waals surface area contributed by atoms with Crippen molar-refractivity contribution in [3.05, 3.63) is 64.7 Å². The monoisotopic (exact) mass is 327 g/mol. The van der Waals surface area contributed by atoms with Crippen LogP contribution in [0.5, 0.6) is 0 Å². The van der Waals surface area contributed by atoms with E-state index in [9.17, 15) is 4.79 Å². The van der Waals surface area contributed by atoms with Crippen LogP contribution in [0.25, 0.3) is 0 Å². The Kier molecular flexibility index (Phi) is 3.43. The topological polar surface area (TPSA) is 38.3 Å². The summed E-state index contributed by atoms with van der Waals surface area (Å²) in [4.78, 5) is 13.3. The average molecular weight is 328 g/mol. The first-order valence-corrected chi connectivity index (χ1v) is 8.20. The van der Waals surface area contributed by atoms with Gasteiger partial charge in [-0.15, -0.1) is 0 Å². The summed E-state index contributed by atoms with van der Waals surface area (Å²) in [7, 11) is 0. The first-order valence-electron chi connectivity index (χ1n) is 7.82. The molecule has 23 heavy (non-hydrogen) atoms. The fraction of sp³-hybridized carbons (Fsp3) is 0.316. The maximum atomic E-state index is 13.3. The third kappa shape index (κ3) is 2.35. The molecular formula is C19H18ClNO2. The Balaban J connectivity index is 1.89. The molecule has 0 bridgehead atoms. The summed E-state index contributed by atoms with van der Waals surface area (Å²) in [5.41, 5.74) is 2.66. The molecule has 2 heterocycles. The van der Waals surface area contributed by atoms with E-state index in [1.165, 1.54) is 0 Å². The lowest BCUT2D eigenvalue weighted by Crippen LogP contribution is -2.45. The Labute approximate surface area is 140 Å². The zero-order valence-electron chi connectivity index (χ0n) is 12.9. The number of ketones is 1. The summed E-state index contributed by atoms with van der Waals surface area (Å²) in [6.07, 6.45) is 0. The van der Waals surface area contributed by atoms with Crippen LogP contribution in [0.1, 0.15) is 24.0 Å². The first kappa shape index (κ1) is 14.7. The molecule has 0 amide bonds. The lowest BCUT2D eigenvalue weighted by Gasteiger charge is -2.29. The van der Waals surface area contributed by atoms with E-state index >= 15 is 0 Å². The highest BCUT2D eigenvalue weighted by atomic mass is 35.5. The molecule has 2 aromatic rings. The van der Waals surface area contributed by atoms with E-state index in [2.05, 4.69) is 12.2 Å². The van der Waals surface area contributed by atoms with Crippen molar-refractivity contribution in [3.8, 4) is 0 Å². The highest BCUT2D eigenvalue weighted by Crippen LogP contribution is 2.43. The molecule has 0 aliphatic carbocycles. The number of hydrogen-bond donors (Lipinski definition) is 1. The van der Waals surface area contributed by atoms with Crippen molar-refractivity contribution < 1.29 is 9.53 Å². The van der Waals surface area contributed by atoms with Gasteiger partial charge in [0, 0.05) is 10.7 Å². The molecule has 0 saturated carbocycles. The Bertz CT molecular complexity index is 758. The van der Waals surface area contributed by atoms with Gasteiger partial charge in [0.2, 0.25) is 0 Å². The van der Waals surface area contributed by atoms with Gasteiger partial charge in [-0.1, -0.05) is 41.9 Å². The number of benzene rings is 2. The maximum Gasteiger partial charge on any atom is 0.152 e. The Morgan fingerprint density at radius 2 is 1.91 bits per heavy atom. The first-order chi connectivity index (χ1) is 11.1. The Morgan fingerprint density at radius 1 is 1.17 bits per heavy atom. The van der Waals surface area contributed by atoms with Crippen molar-refractivity contribution >= 4 is 23.1 Å². The number of para-hydroxylation sites is 1. The highest BCUT2D eigenvalue weighted by molar-refractivity contribution is 6.30. The number of ether oxygens (including phenoxy) is 1. The zero-order chi connectivity index (χ0) is 16.0. The summed E-state index contributed by atoms with van der Waals surface area (Å²) in [6, 6.07) is 15.6. The minimum Gasteiger partial charge on any atom is -0.378 e. The number of carbonyl (C=O) groups is 1. The van der Waals surface area contributed by atoms with E-state index in [1.54, 1.807) is 0 Å². The van der Waals surface area contributed by atoms with Crippen LogP contribution in [0, 0.1) is 5.92 Å². The molecule has 3 nitrogen and oxygen atoms in total. The van der Waals surface area contributed by atoms with Crippen LogP contribution in [0.15, 0.2) is 48.5 Å². The van der Waals surface area contributed by atoms with Gasteiger partial charge in [0.1, 0.15) is 0 Å². The normalized spacial score (nSPS) is 29.4. The predicted octanol–water partition coefficient (Wildman–Crippen LogP) is 3.87. The van der Waals surface area contributed by atoms with Crippen molar-refractivity contribution in [1.82, 2.24) is 0 Å². The molecule has 2 aromatic carbocycles. The molecule has 0 aromatic heterocycles. The maximum absolute atomic E-state index is 13.3. The van der Waals surface area contributed by atoms with Gasteiger partial charge in [-0.2, -0.15) is 0 Å². The fourth-order valence-electron chi connectivity index (χ4n) is 3.72. The molecule has 2 aliphatic heterocycles. The molecule has 4 heteroatoms. The fourth-order valence-corrected chi connectivity index (χ4v) is 3.84. The van der Waals surface area contributed by atoms with Gasteiger partial charge in [0.15, 0.2) is 5.78 Å². The van der Waals surface area contributed by atoms with Crippen LogP contribution in [0.3, 0.4) is 0 Å². The second-order valence-electron chi connectivity index (χ2n) is 6.58. The van der Waals surface area contributed by atoms with E-state index in [1.807, 2.05) is 48.5 Å². The number of hydrogen-bond acceptors (Lipinski definition) is 3. The Hall–Kier alpha value is -1.84. The van der Waals surface area contributed by atoms with Gasteiger partial charge in [0.05, 0.1) is 30.6 Å². The van der Waals surface area contributed by atoms with Crippen molar-refractivity contribution in [2.45, 2.75) is 18.4 Å². The van der Waals surface area contributed by atoms with E-state index in [0.717, 1.165) is 16.8 Å². The molecule has 1 saturated heterocycles. The van der Waals surface area contributed by atoms with Gasteiger partial charge in [-0.3, -0.25) is 4.79 Å². The SMILES string of the molecule is C[C@]12COC[C@H]1C(=O)C(c1ccc(Cl)cc1)c1ccccc1N2. The molecule has 1 unspecified atom stereocenters. The van der Waals surface area contributed by atoms with Crippen molar-refractivity contribution in [2.75, 3.05) is 18.5 Å². The van der Waals surface area contributed by atoms with E-state index in [0.29, 0.717) is 18.2 Å². The van der Waals surface area contributed by atoms with E-state index in [4.69, 9.17) is 16.3 Å². The van der Waals surface area contributed by atoms with Gasteiger partial charge >= 0.3 is 0 Å². The molecule has 0 spiro atoms. The molecule has 0 radical (unpaired) electrons. The number of nitrogens with one attached hydrogen (secondary N) is 1. The molecule has 1 N–H and O–H groups in total. The standard InChI is InChI=1S/C19H18ClNO2/c1-19-11-23-10-15(19)18(22)17(12-6-8-13(20)9-7-12)14-4-2-3-5-16(14)21-19/h2-9,15,17,21H,10-11H2,1H3/t15-,17?,19-/m0/s1. The molecule has 118 valence electrons. The van der Waals surface area contributed by atoms with Crippen LogP contribution >= 0.6 is 11.6 Å². The van der Waals surface area contributed by atoms with Crippen molar-refractivity contribution in [1.29, 1.82) is 0 Å². The lowest BCUT2D eigenvalue weighted by molar-refractivity contribution is -0.124. The van der Waals surface area contributed by atoms with Gasteiger partial charge in [-0.25, -0.2) is 0 Å². The summed E-state index contributed by atoms with van der Waals surface area (Å²) < 4.78 is 5.63. The second-order valence-corrected chi connectivity index (χ2v) is 7.02. The van der Waals surface area contributed by atoms with Gasteiger partial charge in [0.25, 0.3) is 0 Å². The summed E-state index contributed by atoms with van der Waals surface area (Å²) in [5, 5.41) is 4.24. The molecule has 3 atom stereocenters. The zero-order valence-corrected chi connectivity index (χ0v) is 13.6. The highest BCUT2D eigenvalue weighted by Gasteiger charge is 2.49. The summed E-state index contributed by atoms with van der Waals surface area (Å²) in [6.45, 7) is 3.09. The predicted molar refractivity (Wildman–Crippen MR) is 91.1 cm³/mol. The molecular weight excluding hydrogens is 310 g/mol. The summed E-state index contributed by atoms with van der Waals surface area (Å²) >= 11 is 6.01. The Morgan fingerprint density at radius 3 is 2.70 bits per heavy atom. The second kappa shape index (κ2) is 5.36. The molecule has 2 aliphatic rings. The van der Waals surface area contributed by atoms with Crippen LogP contribution in [0.4, 0.5) is 5.69 Å². The minimum atomic E-state index is -0.353. The van der Waals surface area contributed by atoms with Gasteiger partial charge in [-0.05, 0) is 36.2 Å². The van der Waals surface area contributed by atoms with E-state index in [-0.39, 0.29) is 23.2 Å². The third-order valence-electron chi connectivity index (χ3n) is 4.98. The largest absolute Gasteiger partial charge is 0.378 e. The number of carbonyl (C=O) groups excluding carboxylic acids is 1. The van der Waals surface area contributed by atoms with Crippen LogP contribution in [0.2, 0.25) is 5.02 Å². The summed E-state index contributed by atoms with van der Waals surface area (Å²) in [5.74, 6) is -0.232. The third-order valence-corrected chi connectivity index (χ3v) is 5.23. The minimum absolute atomic E-state index is 0.157. The van der Waals surface area contributed by atoms with Crippen LogP contribution in [-0.2, 0) is 9.53 Å². The quantitative estimate of drug-likeness (QED) is 0.864. The average Bonchev–Trinajstić information content (AvgIpc) is 2.88. The van der Waals surface area contributed by atoms with E-state index < -0.39 is 0 Å². The van der Waals surface area contributed by atoms with Crippen LogP contribution in [-0.4, -0.2) is 24.5 Å². The number of fused-ring (bicyclic) bond motifs is 2. The number of halogens is 1. The smallest absolute Gasteiger partial charge is 0.152 e. The lowest BCUT2D eigenvalue weighted by atomic mass is 9.78. The molecule has 4 rings (SSSR count). The van der Waals surface area contributed by atoms with Gasteiger partial charge < -0.3 is 10.1 Å². The van der Waals surface area contributed by atoms with Crippen LogP contribution < -0.4 is 5.32 Å². The van der Waals surface area contributed by atoms with Crippen molar-refractivity contribution in [3.63, 3.8) is 0 Å². The number of rotatable bonds is 1. The molecule has 1 fully saturated rings. The number of anilines is 1. The van der Waals surface area contributed by atoms with Crippen molar-refractivity contribution in [2.24, 2.45) is 5.92 Å². The number of Topliss-reactive ketones (excluding diaryl/α,β-unsaturated/α-hetero) is 1.